The predicted octanol–water partition coefficient (Wildman–Crippen LogP) is 0.121. The van der Waals surface area contributed by atoms with E-state index in [0.717, 1.165) is 0 Å². The van der Waals surface area contributed by atoms with Crippen LogP contribution in [0.5, 0.6) is 0 Å². The number of hydrogen-bond donors (Lipinski definition) is 1. The number of nitrogens with zero attached hydrogens (tertiary/aromatic N) is 1. The van der Waals surface area contributed by atoms with Gasteiger partial charge in [0.2, 0.25) is 5.91 Å². The van der Waals surface area contributed by atoms with Crippen LogP contribution in [0.15, 0.2) is 18.5 Å². The summed E-state index contributed by atoms with van der Waals surface area (Å²) in [7, 11) is 0. The SMILES string of the molecule is NC(=O)CC#Cc1cncc(C=O)c1. The first-order valence-corrected chi connectivity index (χ1v) is 3.90. The molecule has 0 saturated heterocycles. The fourth-order valence-electron chi connectivity index (χ4n) is 0.824. The van der Waals surface area contributed by atoms with Crippen molar-refractivity contribution in [2.75, 3.05) is 0 Å². The second-order valence-corrected chi connectivity index (χ2v) is 2.57. The van der Waals surface area contributed by atoms with Crippen LogP contribution in [-0.2, 0) is 4.79 Å². The maximum absolute atomic E-state index is 10.4. The summed E-state index contributed by atoms with van der Waals surface area (Å²) >= 11 is 0. The van der Waals surface area contributed by atoms with Crippen molar-refractivity contribution in [1.82, 2.24) is 4.98 Å². The first kappa shape index (κ1) is 9.93. The van der Waals surface area contributed by atoms with E-state index in [2.05, 4.69) is 16.8 Å². The number of amides is 1. The van der Waals surface area contributed by atoms with Crippen LogP contribution in [0.2, 0.25) is 0 Å². The van der Waals surface area contributed by atoms with Crippen molar-refractivity contribution in [3.8, 4) is 11.8 Å². The number of nitrogens with two attached hydrogens (primary N) is 1. The van der Waals surface area contributed by atoms with Crippen molar-refractivity contribution >= 4 is 12.2 Å². The lowest BCUT2D eigenvalue weighted by Gasteiger charge is -1.90. The smallest absolute Gasteiger partial charge is 0.229 e. The highest BCUT2D eigenvalue weighted by atomic mass is 16.1. The molecule has 0 spiro atoms. The highest BCUT2D eigenvalue weighted by Crippen LogP contribution is 1.97. The fraction of sp³-hybridized carbons (Fsp3) is 0.100. The number of carbonyl (C=O) groups excluding carboxylic acids is 2. The Kier molecular flexibility index (Phi) is 3.39. The Morgan fingerprint density at radius 1 is 1.57 bits per heavy atom. The Morgan fingerprint density at radius 3 is 3.00 bits per heavy atom. The van der Waals surface area contributed by atoms with Crippen LogP contribution in [0, 0.1) is 11.8 Å². The molecule has 2 N–H and O–H groups in total. The largest absolute Gasteiger partial charge is 0.369 e. The standard InChI is InChI=1S/C10H8N2O2/c11-10(14)3-1-2-8-4-9(7-13)6-12-5-8/h4-7H,3H2,(H2,11,14). The monoisotopic (exact) mass is 188 g/mol. The number of carbonyl (C=O) groups is 2. The van der Waals surface area contributed by atoms with Gasteiger partial charge in [0.15, 0.2) is 6.29 Å². The lowest BCUT2D eigenvalue weighted by molar-refractivity contribution is -0.117. The molecule has 1 rings (SSSR count). The molecule has 0 saturated carbocycles. The molecule has 1 amide bonds. The van der Waals surface area contributed by atoms with Crippen LogP contribution < -0.4 is 5.73 Å². The molecule has 0 aliphatic heterocycles. The van der Waals surface area contributed by atoms with Crippen molar-refractivity contribution in [3.63, 3.8) is 0 Å². The van der Waals surface area contributed by atoms with E-state index < -0.39 is 5.91 Å². The molecule has 0 bridgehead atoms. The van der Waals surface area contributed by atoms with Gasteiger partial charge in [-0.1, -0.05) is 11.8 Å². The van der Waals surface area contributed by atoms with Crippen LogP contribution in [0.3, 0.4) is 0 Å². The highest BCUT2D eigenvalue weighted by molar-refractivity contribution is 5.77. The number of hydrogen-bond acceptors (Lipinski definition) is 3. The lowest BCUT2D eigenvalue weighted by atomic mass is 10.2. The molecule has 14 heavy (non-hydrogen) atoms. The third-order valence-electron chi connectivity index (χ3n) is 1.39. The summed E-state index contributed by atoms with van der Waals surface area (Å²) in [4.78, 5) is 24.5. The van der Waals surface area contributed by atoms with Gasteiger partial charge in [0.25, 0.3) is 0 Å². The minimum absolute atomic E-state index is 0.00527. The van der Waals surface area contributed by atoms with Crippen LogP contribution in [0.25, 0.3) is 0 Å². The van der Waals surface area contributed by atoms with E-state index in [0.29, 0.717) is 17.4 Å². The second kappa shape index (κ2) is 4.77. The van der Waals surface area contributed by atoms with Gasteiger partial charge in [-0.3, -0.25) is 14.6 Å². The molecule has 0 atom stereocenters. The van der Waals surface area contributed by atoms with Crippen molar-refractivity contribution in [1.29, 1.82) is 0 Å². The zero-order valence-electron chi connectivity index (χ0n) is 7.36. The maximum atomic E-state index is 10.4. The molecule has 70 valence electrons. The van der Waals surface area contributed by atoms with E-state index in [1.807, 2.05) is 0 Å². The average Bonchev–Trinajstić information content (AvgIpc) is 2.18. The first-order valence-electron chi connectivity index (χ1n) is 3.90. The molecule has 4 heteroatoms. The Morgan fingerprint density at radius 2 is 2.36 bits per heavy atom. The van der Waals surface area contributed by atoms with Gasteiger partial charge in [0, 0.05) is 23.5 Å². The summed E-state index contributed by atoms with van der Waals surface area (Å²) < 4.78 is 0. The summed E-state index contributed by atoms with van der Waals surface area (Å²) in [5, 5.41) is 0. The molecule has 1 heterocycles. The summed E-state index contributed by atoms with van der Waals surface area (Å²) in [6.07, 6.45) is 3.64. The summed E-state index contributed by atoms with van der Waals surface area (Å²) in [5.41, 5.74) is 5.95. The zero-order valence-corrected chi connectivity index (χ0v) is 7.36. The lowest BCUT2D eigenvalue weighted by Crippen LogP contribution is -2.08. The molecule has 0 aliphatic rings. The Bertz CT molecular complexity index is 416. The Labute approximate surface area is 81.1 Å². The van der Waals surface area contributed by atoms with Gasteiger partial charge in [-0.15, -0.1) is 0 Å². The Hall–Kier alpha value is -2.15. The molecule has 0 aromatic carbocycles. The molecule has 0 fully saturated rings. The van der Waals surface area contributed by atoms with E-state index >= 15 is 0 Å². The number of primary amides is 1. The molecular formula is C10H8N2O2. The van der Waals surface area contributed by atoms with Crippen molar-refractivity contribution in [2.45, 2.75) is 6.42 Å². The van der Waals surface area contributed by atoms with Crippen LogP contribution in [0.1, 0.15) is 22.3 Å². The van der Waals surface area contributed by atoms with Crippen LogP contribution in [0.4, 0.5) is 0 Å². The fourth-order valence-corrected chi connectivity index (χ4v) is 0.824. The third-order valence-corrected chi connectivity index (χ3v) is 1.39. The minimum atomic E-state index is -0.475. The summed E-state index contributed by atoms with van der Waals surface area (Å²) in [5.74, 6) is 4.78. The maximum Gasteiger partial charge on any atom is 0.229 e. The molecule has 0 radical (unpaired) electrons. The van der Waals surface area contributed by atoms with Gasteiger partial charge in [-0.25, -0.2) is 0 Å². The van der Waals surface area contributed by atoms with E-state index in [4.69, 9.17) is 5.73 Å². The number of aldehydes is 1. The van der Waals surface area contributed by atoms with Gasteiger partial charge in [0.05, 0.1) is 6.42 Å². The molecule has 4 nitrogen and oxygen atoms in total. The van der Waals surface area contributed by atoms with Gasteiger partial charge < -0.3 is 5.73 Å². The van der Waals surface area contributed by atoms with Crippen molar-refractivity contribution < 1.29 is 9.59 Å². The van der Waals surface area contributed by atoms with E-state index in [9.17, 15) is 9.59 Å². The predicted molar refractivity (Wildman–Crippen MR) is 50.3 cm³/mol. The third kappa shape index (κ3) is 3.07. The van der Waals surface area contributed by atoms with Gasteiger partial charge >= 0.3 is 0 Å². The van der Waals surface area contributed by atoms with Crippen molar-refractivity contribution in [2.24, 2.45) is 5.73 Å². The van der Waals surface area contributed by atoms with Crippen LogP contribution >= 0.6 is 0 Å². The van der Waals surface area contributed by atoms with Gasteiger partial charge in [-0.2, -0.15) is 0 Å². The highest BCUT2D eigenvalue weighted by Gasteiger charge is 1.92. The topological polar surface area (TPSA) is 73.1 Å². The molecule has 1 aromatic heterocycles. The number of rotatable bonds is 2. The normalized spacial score (nSPS) is 8.57. The van der Waals surface area contributed by atoms with Crippen molar-refractivity contribution in [3.05, 3.63) is 29.6 Å². The number of aromatic nitrogens is 1. The first-order chi connectivity index (χ1) is 6.72. The quantitative estimate of drug-likeness (QED) is 0.529. The van der Waals surface area contributed by atoms with E-state index in [-0.39, 0.29) is 6.42 Å². The summed E-state index contributed by atoms with van der Waals surface area (Å²) in [6, 6.07) is 1.59. The molecule has 1 aromatic rings. The zero-order chi connectivity index (χ0) is 10.4. The minimum Gasteiger partial charge on any atom is -0.369 e. The second-order valence-electron chi connectivity index (χ2n) is 2.57. The van der Waals surface area contributed by atoms with Gasteiger partial charge in [-0.05, 0) is 6.07 Å². The average molecular weight is 188 g/mol. The summed E-state index contributed by atoms with van der Waals surface area (Å²) in [6.45, 7) is 0. The van der Waals surface area contributed by atoms with Crippen LogP contribution in [-0.4, -0.2) is 17.2 Å². The van der Waals surface area contributed by atoms with Gasteiger partial charge in [0.1, 0.15) is 0 Å². The Balaban J connectivity index is 2.79. The van der Waals surface area contributed by atoms with E-state index in [1.165, 1.54) is 12.4 Å². The molecule has 0 aliphatic carbocycles. The molecule has 0 unspecified atom stereocenters. The molecular weight excluding hydrogens is 180 g/mol. The van der Waals surface area contributed by atoms with E-state index in [1.54, 1.807) is 6.07 Å². The number of pyridine rings is 1.